The topological polar surface area (TPSA) is 68.5 Å². The van der Waals surface area contributed by atoms with Crippen LogP contribution >= 0.6 is 0 Å². The molecule has 3 rings (SSSR count). The van der Waals surface area contributed by atoms with Gasteiger partial charge in [-0.2, -0.15) is 22.7 Å². The Balaban J connectivity index is 2.09. The number of amides is 1. The first-order valence-corrected chi connectivity index (χ1v) is 9.00. The van der Waals surface area contributed by atoms with Gasteiger partial charge in [-0.15, -0.1) is 0 Å². The molecule has 10 heteroatoms. The fourth-order valence-electron chi connectivity index (χ4n) is 3.05. The summed E-state index contributed by atoms with van der Waals surface area (Å²) in [5.41, 5.74) is 0.167. The highest BCUT2D eigenvalue weighted by Gasteiger charge is 2.31. The number of nitrogens with one attached hydrogen (secondary N) is 1. The maximum absolute atomic E-state index is 14.3. The van der Waals surface area contributed by atoms with Crippen LogP contribution < -0.4 is 5.32 Å². The molecule has 0 radical (unpaired) electrons. The molecule has 31 heavy (non-hydrogen) atoms. The highest BCUT2D eigenvalue weighted by molar-refractivity contribution is 6.07. The normalized spacial score (nSPS) is 11.7. The molecular formula is C21H18F4N4O2. The maximum atomic E-state index is 14.3. The van der Waals surface area contributed by atoms with E-state index < -0.39 is 23.6 Å². The Bertz CT molecular complexity index is 1150. The first-order valence-electron chi connectivity index (χ1n) is 9.00. The van der Waals surface area contributed by atoms with Gasteiger partial charge in [0, 0.05) is 18.3 Å². The molecule has 1 heterocycles. The van der Waals surface area contributed by atoms with Crippen LogP contribution in [0.5, 0.6) is 0 Å². The van der Waals surface area contributed by atoms with E-state index in [1.807, 2.05) is 0 Å². The monoisotopic (exact) mass is 434 g/mol. The van der Waals surface area contributed by atoms with Crippen LogP contribution in [0, 0.1) is 12.9 Å². The van der Waals surface area contributed by atoms with Gasteiger partial charge in [0.05, 0.1) is 17.5 Å². The minimum absolute atomic E-state index is 0.115. The average molecular weight is 434 g/mol. The van der Waals surface area contributed by atoms with Gasteiger partial charge in [-0.05, 0) is 36.2 Å². The molecular weight excluding hydrogens is 416 g/mol. The van der Waals surface area contributed by atoms with Gasteiger partial charge in [0.25, 0.3) is 5.91 Å². The summed E-state index contributed by atoms with van der Waals surface area (Å²) < 4.78 is 55.0. The number of oxime groups is 1. The van der Waals surface area contributed by atoms with Gasteiger partial charge >= 0.3 is 6.18 Å². The molecule has 0 spiro atoms. The predicted octanol–water partition coefficient (Wildman–Crippen LogP) is 4.79. The highest BCUT2D eigenvalue weighted by Crippen LogP contribution is 2.36. The number of carbonyl (C=O) groups excluding carboxylic acids is 1. The number of anilines is 1. The molecule has 1 amide bonds. The van der Waals surface area contributed by atoms with Crippen molar-refractivity contribution in [1.82, 2.24) is 9.78 Å². The number of benzene rings is 2. The first kappa shape index (κ1) is 22.0. The van der Waals surface area contributed by atoms with E-state index >= 15 is 0 Å². The molecule has 0 aliphatic heterocycles. The fourth-order valence-corrected chi connectivity index (χ4v) is 3.05. The summed E-state index contributed by atoms with van der Waals surface area (Å²) in [6.07, 6.45) is -3.19. The lowest BCUT2D eigenvalue weighted by molar-refractivity contribution is -0.137. The van der Waals surface area contributed by atoms with Crippen molar-refractivity contribution in [3.8, 4) is 11.1 Å². The van der Waals surface area contributed by atoms with Crippen molar-refractivity contribution in [3.63, 3.8) is 0 Å². The molecule has 1 N–H and O–H groups in total. The minimum atomic E-state index is -4.62. The van der Waals surface area contributed by atoms with E-state index in [4.69, 9.17) is 0 Å². The van der Waals surface area contributed by atoms with Gasteiger partial charge in [-0.1, -0.05) is 29.4 Å². The van der Waals surface area contributed by atoms with E-state index in [1.54, 1.807) is 24.3 Å². The second kappa shape index (κ2) is 8.58. The van der Waals surface area contributed by atoms with Crippen molar-refractivity contribution >= 4 is 17.8 Å². The zero-order valence-electron chi connectivity index (χ0n) is 16.8. The summed E-state index contributed by atoms with van der Waals surface area (Å²) in [6, 6.07) is 9.71. The van der Waals surface area contributed by atoms with Crippen LogP contribution in [0.1, 0.15) is 27.2 Å². The number of rotatable bonds is 5. The minimum Gasteiger partial charge on any atom is -0.399 e. The van der Waals surface area contributed by atoms with Crippen LogP contribution in [0.4, 0.5) is 23.2 Å². The molecule has 1 aromatic heterocycles. The lowest BCUT2D eigenvalue weighted by Gasteiger charge is -2.15. The number of nitrogens with zero attached hydrogens (tertiary/aromatic N) is 3. The van der Waals surface area contributed by atoms with Crippen molar-refractivity contribution in [1.29, 1.82) is 0 Å². The van der Waals surface area contributed by atoms with E-state index in [9.17, 15) is 22.4 Å². The van der Waals surface area contributed by atoms with E-state index in [0.29, 0.717) is 16.7 Å². The van der Waals surface area contributed by atoms with Gasteiger partial charge in [-0.3, -0.25) is 4.79 Å². The van der Waals surface area contributed by atoms with Crippen molar-refractivity contribution < 1.29 is 27.2 Å². The number of hydrogen-bond acceptors (Lipinski definition) is 4. The molecule has 6 nitrogen and oxygen atoms in total. The smallest absolute Gasteiger partial charge is 0.399 e. The Kier molecular flexibility index (Phi) is 6.09. The number of aryl methyl sites for hydroxylation is 2. The third kappa shape index (κ3) is 4.73. The molecule has 0 fully saturated rings. The zero-order valence-corrected chi connectivity index (χ0v) is 16.8. The van der Waals surface area contributed by atoms with Crippen molar-refractivity contribution in [3.05, 3.63) is 70.8 Å². The summed E-state index contributed by atoms with van der Waals surface area (Å²) >= 11 is 0. The summed E-state index contributed by atoms with van der Waals surface area (Å²) in [4.78, 5) is 17.3. The molecule has 0 atom stereocenters. The van der Waals surface area contributed by atoms with Gasteiger partial charge < -0.3 is 10.2 Å². The Morgan fingerprint density at radius 3 is 2.58 bits per heavy atom. The highest BCUT2D eigenvalue weighted by atomic mass is 19.4. The van der Waals surface area contributed by atoms with Crippen LogP contribution in [0.25, 0.3) is 11.1 Å². The van der Waals surface area contributed by atoms with Gasteiger partial charge in [0.2, 0.25) is 5.95 Å². The van der Waals surface area contributed by atoms with Crippen molar-refractivity contribution in [2.75, 3.05) is 12.4 Å². The summed E-state index contributed by atoms with van der Waals surface area (Å²) in [7, 11) is 2.70. The third-order valence-corrected chi connectivity index (χ3v) is 4.48. The molecule has 162 valence electrons. The standard InChI is InChI=1S/C21H18F4N4O2/c1-12-18(19(22)29(2)28-12)20(30)27-17-10-15(21(23,24)25)7-8-16(17)14-6-4-5-13(9-14)11-26-31-3/h4-11H,1-3H3,(H,27,30). The van der Waals surface area contributed by atoms with Crippen LogP contribution in [0.15, 0.2) is 47.6 Å². The van der Waals surface area contributed by atoms with Crippen LogP contribution in [-0.2, 0) is 18.1 Å². The van der Waals surface area contributed by atoms with Crippen LogP contribution in [0.3, 0.4) is 0 Å². The Morgan fingerprint density at radius 2 is 1.97 bits per heavy atom. The molecule has 0 unspecified atom stereocenters. The summed E-state index contributed by atoms with van der Waals surface area (Å²) in [5, 5.41) is 9.89. The summed E-state index contributed by atoms with van der Waals surface area (Å²) in [6.45, 7) is 1.43. The number of halogens is 4. The zero-order chi connectivity index (χ0) is 22.8. The van der Waals surface area contributed by atoms with E-state index in [-0.39, 0.29) is 16.9 Å². The number of alkyl halides is 3. The molecule has 0 saturated carbocycles. The molecule has 2 aromatic carbocycles. The number of hydrogen-bond donors (Lipinski definition) is 1. The second-order valence-electron chi connectivity index (χ2n) is 6.63. The second-order valence-corrected chi connectivity index (χ2v) is 6.63. The lowest BCUT2D eigenvalue weighted by atomic mass is 9.99. The van der Waals surface area contributed by atoms with E-state index in [2.05, 4.69) is 20.4 Å². The first-order chi connectivity index (χ1) is 14.6. The molecule has 0 aliphatic carbocycles. The van der Waals surface area contributed by atoms with Crippen molar-refractivity contribution in [2.45, 2.75) is 13.1 Å². The third-order valence-electron chi connectivity index (χ3n) is 4.48. The van der Waals surface area contributed by atoms with E-state index in [0.717, 1.165) is 16.8 Å². The number of aromatic nitrogens is 2. The van der Waals surface area contributed by atoms with Crippen LogP contribution in [-0.4, -0.2) is 29.0 Å². The number of carbonyl (C=O) groups is 1. The Hall–Kier alpha value is -3.69. The maximum Gasteiger partial charge on any atom is 0.416 e. The quantitative estimate of drug-likeness (QED) is 0.357. The average Bonchev–Trinajstić information content (AvgIpc) is 2.97. The van der Waals surface area contributed by atoms with Crippen molar-refractivity contribution in [2.24, 2.45) is 12.2 Å². The van der Waals surface area contributed by atoms with E-state index in [1.165, 1.54) is 33.4 Å². The van der Waals surface area contributed by atoms with Crippen LogP contribution in [0.2, 0.25) is 0 Å². The Labute approximate surface area is 175 Å². The molecule has 0 bridgehead atoms. The van der Waals surface area contributed by atoms with Gasteiger partial charge in [0.15, 0.2) is 0 Å². The molecule has 0 saturated heterocycles. The molecule has 3 aromatic rings. The Morgan fingerprint density at radius 1 is 1.23 bits per heavy atom. The van der Waals surface area contributed by atoms with Gasteiger partial charge in [-0.25, -0.2) is 4.68 Å². The summed E-state index contributed by atoms with van der Waals surface area (Å²) in [5.74, 6) is -1.79. The van der Waals surface area contributed by atoms with Gasteiger partial charge in [0.1, 0.15) is 12.7 Å². The predicted molar refractivity (Wildman–Crippen MR) is 107 cm³/mol. The molecule has 0 aliphatic rings. The fraction of sp³-hybridized carbons (Fsp3) is 0.190. The largest absolute Gasteiger partial charge is 0.416 e. The lowest BCUT2D eigenvalue weighted by Crippen LogP contribution is -2.16. The SMILES string of the molecule is CON=Cc1cccc(-c2ccc(C(F)(F)F)cc2NC(=O)c2c(C)nn(C)c2F)c1.